The van der Waals surface area contributed by atoms with Crippen molar-refractivity contribution in [1.82, 2.24) is 10.2 Å². The lowest BCUT2D eigenvalue weighted by Gasteiger charge is -2.37. The summed E-state index contributed by atoms with van der Waals surface area (Å²) in [4.78, 5) is 32.0. The van der Waals surface area contributed by atoms with Crippen molar-refractivity contribution >= 4 is 17.5 Å². The number of nitrogens with zero attached hydrogens (tertiary/aromatic N) is 2. The summed E-state index contributed by atoms with van der Waals surface area (Å²) in [7, 11) is 1.66. The number of methoxy groups -OCH3 is 1. The summed E-state index contributed by atoms with van der Waals surface area (Å²) in [6.45, 7) is 3.36. The molecule has 39 heavy (non-hydrogen) atoms. The molecule has 2 unspecified atom stereocenters. The Hall–Kier alpha value is -3.84. The van der Waals surface area contributed by atoms with E-state index >= 15 is 0 Å². The summed E-state index contributed by atoms with van der Waals surface area (Å²) >= 11 is 0. The second-order valence-electron chi connectivity index (χ2n) is 10.6. The highest BCUT2D eigenvalue weighted by Crippen LogP contribution is 2.33. The number of nitrogens with one attached hydrogen (secondary N) is 1. The van der Waals surface area contributed by atoms with Gasteiger partial charge in [-0.05, 0) is 71.8 Å². The van der Waals surface area contributed by atoms with E-state index in [2.05, 4.69) is 28.4 Å². The number of carbonyl (C=O) groups excluding carboxylic acids is 2. The van der Waals surface area contributed by atoms with Crippen molar-refractivity contribution in [3.8, 4) is 5.75 Å². The molecule has 1 fully saturated rings. The van der Waals surface area contributed by atoms with Gasteiger partial charge in [0.2, 0.25) is 5.91 Å². The summed E-state index contributed by atoms with van der Waals surface area (Å²) < 4.78 is 11.0. The number of morpholine rings is 1. The van der Waals surface area contributed by atoms with Crippen LogP contribution in [0.2, 0.25) is 0 Å². The lowest BCUT2D eigenvalue weighted by Crippen LogP contribution is -2.53. The molecule has 0 bridgehead atoms. The zero-order valence-electron chi connectivity index (χ0n) is 22.4. The Kier molecular flexibility index (Phi) is 7.24. The van der Waals surface area contributed by atoms with Gasteiger partial charge in [-0.15, -0.1) is 0 Å². The van der Waals surface area contributed by atoms with Gasteiger partial charge in [0.05, 0.1) is 26.4 Å². The minimum Gasteiger partial charge on any atom is -0.497 e. The van der Waals surface area contributed by atoms with Crippen LogP contribution >= 0.6 is 0 Å². The average Bonchev–Trinajstić information content (AvgIpc) is 3.00. The number of hydrogen-bond acceptors (Lipinski definition) is 5. The Morgan fingerprint density at radius 1 is 0.949 bits per heavy atom. The minimum absolute atomic E-state index is 0.102. The fourth-order valence-corrected chi connectivity index (χ4v) is 6.12. The number of fused-ring (bicyclic) bond motifs is 2. The summed E-state index contributed by atoms with van der Waals surface area (Å²) in [6.07, 6.45) is 3.36. The van der Waals surface area contributed by atoms with E-state index in [-0.39, 0.29) is 17.9 Å². The normalized spacial score (nSPS) is 20.5. The molecule has 2 atom stereocenters. The molecular formula is C32H35N3O4. The Balaban J connectivity index is 1.28. The molecule has 0 spiro atoms. The van der Waals surface area contributed by atoms with Gasteiger partial charge in [0, 0.05) is 37.3 Å². The molecule has 7 nitrogen and oxygen atoms in total. The molecule has 1 aliphatic carbocycles. The van der Waals surface area contributed by atoms with Crippen molar-refractivity contribution in [2.24, 2.45) is 0 Å². The van der Waals surface area contributed by atoms with Gasteiger partial charge in [-0.2, -0.15) is 0 Å². The van der Waals surface area contributed by atoms with Crippen LogP contribution < -0.4 is 15.0 Å². The highest BCUT2D eigenvalue weighted by molar-refractivity contribution is 5.98. The van der Waals surface area contributed by atoms with Gasteiger partial charge >= 0.3 is 0 Å². The SMILES string of the molecule is COc1ccc2c(c1)C(NC(=O)C1Cc3ccccc3CN1C(=O)c1cccc(N3CCOCC3)c1)CCC2. The molecule has 202 valence electrons. The van der Waals surface area contributed by atoms with Crippen molar-refractivity contribution in [2.45, 2.75) is 44.3 Å². The van der Waals surface area contributed by atoms with Crippen LogP contribution in [0.3, 0.4) is 0 Å². The number of amides is 2. The summed E-state index contributed by atoms with van der Waals surface area (Å²) in [6, 6.07) is 21.3. The Bertz CT molecular complexity index is 1370. The van der Waals surface area contributed by atoms with Gasteiger partial charge in [-0.3, -0.25) is 9.59 Å². The third kappa shape index (κ3) is 5.23. The Labute approximate surface area is 229 Å². The monoisotopic (exact) mass is 525 g/mol. The molecule has 0 saturated carbocycles. The van der Waals surface area contributed by atoms with E-state index < -0.39 is 6.04 Å². The van der Waals surface area contributed by atoms with Crippen molar-refractivity contribution < 1.29 is 19.1 Å². The first-order valence-electron chi connectivity index (χ1n) is 13.9. The lowest BCUT2D eigenvalue weighted by atomic mass is 9.86. The van der Waals surface area contributed by atoms with Crippen molar-refractivity contribution in [3.05, 3.63) is 94.5 Å². The van der Waals surface area contributed by atoms with E-state index in [0.717, 1.165) is 60.5 Å². The van der Waals surface area contributed by atoms with Gasteiger partial charge in [0.1, 0.15) is 11.8 Å². The van der Waals surface area contributed by atoms with Crippen LogP contribution in [-0.2, 0) is 28.9 Å². The zero-order chi connectivity index (χ0) is 26.8. The summed E-state index contributed by atoms with van der Waals surface area (Å²) in [5.41, 5.74) is 6.18. The molecule has 3 aromatic rings. The first-order chi connectivity index (χ1) is 19.1. The van der Waals surface area contributed by atoms with Crippen LogP contribution in [-0.4, -0.2) is 56.2 Å². The van der Waals surface area contributed by atoms with Gasteiger partial charge in [0.25, 0.3) is 5.91 Å². The van der Waals surface area contributed by atoms with E-state index in [9.17, 15) is 9.59 Å². The van der Waals surface area contributed by atoms with Crippen LogP contribution in [0.1, 0.15) is 51.5 Å². The molecule has 1 N–H and O–H groups in total. The number of benzene rings is 3. The second-order valence-corrected chi connectivity index (χ2v) is 10.6. The smallest absolute Gasteiger partial charge is 0.254 e. The van der Waals surface area contributed by atoms with E-state index in [1.807, 2.05) is 48.5 Å². The number of aryl methyl sites for hydroxylation is 1. The van der Waals surface area contributed by atoms with Crippen LogP contribution in [0.25, 0.3) is 0 Å². The molecule has 0 aromatic heterocycles. The molecule has 2 heterocycles. The van der Waals surface area contributed by atoms with Crippen LogP contribution in [0.15, 0.2) is 66.7 Å². The highest BCUT2D eigenvalue weighted by atomic mass is 16.5. The first kappa shape index (κ1) is 25.4. The standard InChI is InChI=1S/C32H35N3O4/c1-38-27-13-12-22-8-5-11-29(28(22)20-27)33-31(36)30-19-23-6-2-3-7-25(23)21-35(30)32(37)24-9-4-10-26(18-24)34-14-16-39-17-15-34/h2-4,6-7,9-10,12-13,18,20,29-30H,5,8,11,14-17,19,21H2,1H3,(H,33,36). The number of carbonyl (C=O) groups is 2. The van der Waals surface area contributed by atoms with Crippen LogP contribution in [0.4, 0.5) is 5.69 Å². The summed E-state index contributed by atoms with van der Waals surface area (Å²) in [5.74, 6) is 0.562. The number of anilines is 1. The fraction of sp³-hybridized carbons (Fsp3) is 0.375. The topological polar surface area (TPSA) is 71.1 Å². The zero-order valence-corrected chi connectivity index (χ0v) is 22.4. The average molecular weight is 526 g/mol. The molecule has 2 amide bonds. The number of rotatable bonds is 5. The Morgan fingerprint density at radius 3 is 2.59 bits per heavy atom. The molecular weight excluding hydrogens is 490 g/mol. The van der Waals surface area contributed by atoms with E-state index in [1.54, 1.807) is 12.0 Å². The number of ether oxygens (including phenoxy) is 2. The van der Waals surface area contributed by atoms with Gasteiger partial charge < -0.3 is 24.6 Å². The predicted molar refractivity (Wildman–Crippen MR) is 150 cm³/mol. The quantitative estimate of drug-likeness (QED) is 0.538. The molecule has 1 saturated heterocycles. The van der Waals surface area contributed by atoms with Crippen molar-refractivity contribution in [1.29, 1.82) is 0 Å². The maximum absolute atomic E-state index is 14.0. The van der Waals surface area contributed by atoms with Gasteiger partial charge in [0.15, 0.2) is 0 Å². The number of hydrogen-bond donors (Lipinski definition) is 1. The third-order valence-electron chi connectivity index (χ3n) is 8.27. The van der Waals surface area contributed by atoms with Gasteiger partial charge in [-0.25, -0.2) is 0 Å². The van der Waals surface area contributed by atoms with Gasteiger partial charge in [-0.1, -0.05) is 36.4 Å². The van der Waals surface area contributed by atoms with Crippen molar-refractivity contribution in [3.63, 3.8) is 0 Å². The van der Waals surface area contributed by atoms with Crippen LogP contribution in [0, 0.1) is 0 Å². The molecule has 3 aliphatic rings. The molecule has 6 rings (SSSR count). The highest BCUT2D eigenvalue weighted by Gasteiger charge is 2.36. The summed E-state index contributed by atoms with van der Waals surface area (Å²) in [5, 5.41) is 3.32. The predicted octanol–water partition coefficient (Wildman–Crippen LogP) is 4.29. The van der Waals surface area contributed by atoms with Crippen molar-refractivity contribution in [2.75, 3.05) is 38.3 Å². The van der Waals surface area contributed by atoms with E-state index in [4.69, 9.17) is 9.47 Å². The maximum atomic E-state index is 14.0. The maximum Gasteiger partial charge on any atom is 0.254 e. The minimum atomic E-state index is -0.588. The van der Waals surface area contributed by atoms with E-state index in [1.165, 1.54) is 5.56 Å². The molecule has 3 aromatic carbocycles. The van der Waals surface area contributed by atoms with E-state index in [0.29, 0.717) is 31.7 Å². The fourth-order valence-electron chi connectivity index (χ4n) is 6.12. The van der Waals surface area contributed by atoms with Crippen LogP contribution in [0.5, 0.6) is 5.75 Å². The largest absolute Gasteiger partial charge is 0.497 e. The third-order valence-corrected chi connectivity index (χ3v) is 8.27. The molecule has 2 aliphatic heterocycles. The molecule has 7 heteroatoms. The molecule has 0 radical (unpaired) electrons. The first-order valence-corrected chi connectivity index (χ1v) is 13.9. The lowest BCUT2D eigenvalue weighted by molar-refractivity contribution is -0.127. The second kappa shape index (κ2) is 11.1. The Morgan fingerprint density at radius 2 is 1.77 bits per heavy atom.